The number of rotatable bonds is 5. The lowest BCUT2D eigenvalue weighted by atomic mass is 9.96. The number of aryl methyl sites for hydroxylation is 1. The molecule has 0 saturated carbocycles. The Labute approximate surface area is 128 Å². The van der Waals surface area contributed by atoms with Crippen molar-refractivity contribution in [1.29, 1.82) is 0 Å². The molecule has 1 aromatic heterocycles. The van der Waals surface area contributed by atoms with Gasteiger partial charge < -0.3 is 15.7 Å². The predicted octanol–water partition coefficient (Wildman–Crippen LogP) is 2.16. The Morgan fingerprint density at radius 3 is 2.67 bits per heavy atom. The third-order valence-corrected chi connectivity index (χ3v) is 3.97. The molecule has 0 bridgehead atoms. The number of nitrogens with zero attached hydrogens (tertiary/aromatic N) is 1. The molecule has 0 saturated heterocycles. The first kappa shape index (κ1) is 15.5. The summed E-state index contributed by atoms with van der Waals surface area (Å²) in [6.07, 6.45) is 1.78. The maximum Gasteiger partial charge on any atom is 0.315 e. The second-order valence-corrected chi connectivity index (χ2v) is 6.36. The molecule has 6 heteroatoms. The fourth-order valence-corrected chi connectivity index (χ4v) is 2.58. The summed E-state index contributed by atoms with van der Waals surface area (Å²) in [5.41, 5.74) is -0.336. The molecule has 0 aliphatic rings. The molecule has 0 fully saturated rings. The molecule has 21 heavy (non-hydrogen) atoms. The fraction of sp³-hybridized carbons (Fsp3) is 0.333. The largest absolute Gasteiger partial charge is 0.384 e. The average Bonchev–Trinajstić information content (AvgIpc) is 2.90. The van der Waals surface area contributed by atoms with Crippen LogP contribution >= 0.6 is 11.3 Å². The molecule has 2 rings (SSSR count). The molecule has 3 N–H and O–H groups in total. The van der Waals surface area contributed by atoms with Crippen LogP contribution in [0, 0.1) is 6.92 Å². The molecule has 2 amide bonds. The molecule has 1 heterocycles. The summed E-state index contributed by atoms with van der Waals surface area (Å²) >= 11 is 1.55. The van der Waals surface area contributed by atoms with E-state index in [2.05, 4.69) is 15.6 Å². The number of amides is 2. The van der Waals surface area contributed by atoms with Gasteiger partial charge in [-0.15, -0.1) is 11.3 Å². The van der Waals surface area contributed by atoms with Crippen LogP contribution in [0.15, 0.2) is 36.5 Å². The number of aromatic nitrogens is 1. The molecular weight excluding hydrogens is 286 g/mol. The molecular formula is C15H19N3O2S. The summed E-state index contributed by atoms with van der Waals surface area (Å²) in [4.78, 5) is 17.0. The van der Waals surface area contributed by atoms with Crippen LogP contribution in [0.3, 0.4) is 0 Å². The summed E-state index contributed by atoms with van der Waals surface area (Å²) in [6.45, 7) is 4.17. The number of nitrogens with one attached hydrogen (secondary N) is 2. The predicted molar refractivity (Wildman–Crippen MR) is 83.1 cm³/mol. The van der Waals surface area contributed by atoms with Gasteiger partial charge in [0.05, 0.1) is 13.1 Å². The highest BCUT2D eigenvalue weighted by Gasteiger charge is 2.23. The van der Waals surface area contributed by atoms with Crippen LogP contribution in [0.1, 0.15) is 22.4 Å². The molecule has 1 unspecified atom stereocenters. The van der Waals surface area contributed by atoms with Crippen molar-refractivity contribution in [2.75, 3.05) is 6.54 Å². The molecule has 0 radical (unpaired) electrons. The van der Waals surface area contributed by atoms with E-state index in [4.69, 9.17) is 0 Å². The fourth-order valence-electron chi connectivity index (χ4n) is 1.85. The van der Waals surface area contributed by atoms with Gasteiger partial charge in [0.25, 0.3) is 0 Å². The topological polar surface area (TPSA) is 74.2 Å². The lowest BCUT2D eigenvalue weighted by Crippen LogP contribution is -2.43. The highest BCUT2D eigenvalue weighted by molar-refractivity contribution is 7.11. The first-order chi connectivity index (χ1) is 9.97. The third-order valence-electron chi connectivity index (χ3n) is 3.06. The average molecular weight is 305 g/mol. The number of carbonyl (C=O) groups is 1. The van der Waals surface area contributed by atoms with Crippen molar-refractivity contribution in [1.82, 2.24) is 15.6 Å². The number of hydrogen-bond acceptors (Lipinski definition) is 4. The monoisotopic (exact) mass is 305 g/mol. The lowest BCUT2D eigenvalue weighted by molar-refractivity contribution is 0.0594. The van der Waals surface area contributed by atoms with Crippen molar-refractivity contribution in [3.63, 3.8) is 0 Å². The van der Waals surface area contributed by atoms with E-state index in [9.17, 15) is 9.90 Å². The van der Waals surface area contributed by atoms with Gasteiger partial charge in [0.15, 0.2) is 0 Å². The second kappa shape index (κ2) is 6.69. The van der Waals surface area contributed by atoms with Gasteiger partial charge in [-0.2, -0.15) is 0 Å². The Hall–Kier alpha value is -1.92. The first-order valence-electron chi connectivity index (χ1n) is 6.68. The van der Waals surface area contributed by atoms with Crippen molar-refractivity contribution in [3.8, 4) is 0 Å². The molecule has 0 aliphatic carbocycles. The van der Waals surface area contributed by atoms with Crippen LogP contribution in [0.4, 0.5) is 4.79 Å². The zero-order chi connectivity index (χ0) is 15.3. The SMILES string of the molecule is Cc1cnc(CNC(=O)NCC(C)(O)c2ccccc2)s1. The van der Waals surface area contributed by atoms with Gasteiger partial charge in [-0.25, -0.2) is 9.78 Å². The summed E-state index contributed by atoms with van der Waals surface area (Å²) in [7, 11) is 0. The van der Waals surface area contributed by atoms with E-state index in [1.807, 2.05) is 37.3 Å². The molecule has 0 aliphatic heterocycles. The number of benzene rings is 1. The number of carbonyl (C=O) groups excluding carboxylic acids is 1. The quantitative estimate of drug-likeness (QED) is 0.792. The smallest absolute Gasteiger partial charge is 0.315 e. The minimum Gasteiger partial charge on any atom is -0.384 e. The van der Waals surface area contributed by atoms with Crippen LogP contribution in [0.5, 0.6) is 0 Å². The normalized spacial score (nSPS) is 13.5. The van der Waals surface area contributed by atoms with Crippen molar-refractivity contribution >= 4 is 17.4 Å². The van der Waals surface area contributed by atoms with Crippen LogP contribution in [-0.4, -0.2) is 22.7 Å². The maximum absolute atomic E-state index is 11.7. The number of urea groups is 1. The van der Waals surface area contributed by atoms with Gasteiger partial charge >= 0.3 is 6.03 Å². The molecule has 2 aromatic rings. The Morgan fingerprint density at radius 2 is 2.05 bits per heavy atom. The van der Waals surface area contributed by atoms with E-state index in [1.165, 1.54) is 0 Å². The van der Waals surface area contributed by atoms with Gasteiger partial charge in [0, 0.05) is 11.1 Å². The van der Waals surface area contributed by atoms with Gasteiger partial charge in [-0.1, -0.05) is 30.3 Å². The molecule has 0 spiro atoms. The summed E-state index contributed by atoms with van der Waals surface area (Å²) in [6, 6.07) is 8.94. The number of hydrogen-bond donors (Lipinski definition) is 3. The van der Waals surface area contributed by atoms with E-state index < -0.39 is 5.60 Å². The minimum absolute atomic E-state index is 0.139. The van der Waals surface area contributed by atoms with Crippen LogP contribution in [0.25, 0.3) is 0 Å². The maximum atomic E-state index is 11.7. The molecule has 112 valence electrons. The third kappa shape index (κ3) is 4.54. The minimum atomic E-state index is -1.10. The number of aliphatic hydroxyl groups is 1. The zero-order valence-corrected chi connectivity index (χ0v) is 12.9. The van der Waals surface area contributed by atoms with E-state index >= 15 is 0 Å². The van der Waals surface area contributed by atoms with E-state index in [1.54, 1.807) is 24.5 Å². The van der Waals surface area contributed by atoms with Gasteiger partial charge in [-0.3, -0.25) is 0 Å². The van der Waals surface area contributed by atoms with Gasteiger partial charge in [0.2, 0.25) is 0 Å². The highest BCUT2D eigenvalue weighted by Crippen LogP contribution is 2.18. The van der Waals surface area contributed by atoms with E-state index in [0.29, 0.717) is 6.54 Å². The first-order valence-corrected chi connectivity index (χ1v) is 7.50. The van der Waals surface area contributed by atoms with Gasteiger partial charge in [0.1, 0.15) is 10.6 Å². The highest BCUT2D eigenvalue weighted by atomic mass is 32.1. The number of thiazole rings is 1. The molecule has 5 nitrogen and oxygen atoms in total. The van der Waals surface area contributed by atoms with Crippen LogP contribution in [0.2, 0.25) is 0 Å². The van der Waals surface area contributed by atoms with Gasteiger partial charge in [-0.05, 0) is 19.4 Å². The van der Waals surface area contributed by atoms with Crippen LogP contribution in [-0.2, 0) is 12.1 Å². The van der Waals surface area contributed by atoms with Crippen molar-refractivity contribution in [3.05, 3.63) is 52.0 Å². The Bertz CT molecular complexity index is 596. The molecule has 1 atom stereocenters. The Morgan fingerprint density at radius 1 is 1.33 bits per heavy atom. The van der Waals surface area contributed by atoms with Crippen molar-refractivity contribution in [2.24, 2.45) is 0 Å². The Balaban J connectivity index is 1.80. The van der Waals surface area contributed by atoms with Crippen molar-refractivity contribution in [2.45, 2.75) is 26.0 Å². The molecule has 1 aromatic carbocycles. The van der Waals surface area contributed by atoms with Crippen molar-refractivity contribution < 1.29 is 9.90 Å². The summed E-state index contributed by atoms with van der Waals surface area (Å²) in [5, 5.41) is 16.6. The summed E-state index contributed by atoms with van der Waals surface area (Å²) in [5.74, 6) is 0. The standard InChI is InChI=1S/C15H19N3O2S/c1-11-8-16-13(21-11)9-17-14(19)18-10-15(2,20)12-6-4-3-5-7-12/h3-8,20H,9-10H2,1-2H3,(H2,17,18,19). The Kier molecular flexibility index (Phi) is 4.93. The summed E-state index contributed by atoms with van der Waals surface area (Å²) < 4.78 is 0. The lowest BCUT2D eigenvalue weighted by Gasteiger charge is -2.24. The van der Waals surface area contributed by atoms with E-state index in [0.717, 1.165) is 15.4 Å². The van der Waals surface area contributed by atoms with Crippen LogP contribution < -0.4 is 10.6 Å². The van der Waals surface area contributed by atoms with E-state index in [-0.39, 0.29) is 12.6 Å². The zero-order valence-electron chi connectivity index (χ0n) is 12.1. The second-order valence-electron chi connectivity index (χ2n) is 5.04.